The molecule has 1 aliphatic heterocycles. The fourth-order valence-corrected chi connectivity index (χ4v) is 4.48. The molecule has 1 saturated heterocycles. The van der Waals surface area contributed by atoms with Crippen LogP contribution in [0, 0.1) is 0 Å². The summed E-state index contributed by atoms with van der Waals surface area (Å²) in [7, 11) is 0. The van der Waals surface area contributed by atoms with Crippen LogP contribution in [0.15, 0.2) is 79.0 Å². The molecule has 0 aliphatic carbocycles. The molecular formula is C30H32N6O3. The van der Waals surface area contributed by atoms with Crippen molar-refractivity contribution in [3.63, 3.8) is 0 Å². The molecule has 3 amide bonds. The number of hydrogen-bond donors (Lipinski definition) is 4. The molecular weight excluding hydrogens is 492 g/mol. The van der Waals surface area contributed by atoms with Crippen LogP contribution >= 0.6 is 0 Å². The second-order valence-electron chi connectivity index (χ2n) is 9.40. The van der Waals surface area contributed by atoms with Gasteiger partial charge in [-0.25, -0.2) is 9.78 Å². The van der Waals surface area contributed by atoms with E-state index in [4.69, 9.17) is 10.5 Å². The summed E-state index contributed by atoms with van der Waals surface area (Å²) in [5.41, 5.74) is 9.12. The van der Waals surface area contributed by atoms with E-state index in [-0.39, 0.29) is 11.9 Å². The summed E-state index contributed by atoms with van der Waals surface area (Å²) in [6.45, 7) is 4.31. The normalized spacial score (nSPS) is 13.3. The first-order valence-corrected chi connectivity index (χ1v) is 13.1. The molecule has 1 aromatic heterocycles. The van der Waals surface area contributed by atoms with Gasteiger partial charge >= 0.3 is 6.03 Å². The summed E-state index contributed by atoms with van der Waals surface area (Å²) in [5.74, 6) is 0.951. The van der Waals surface area contributed by atoms with Crippen LogP contribution in [0.2, 0.25) is 0 Å². The Balaban J connectivity index is 1.34. The third kappa shape index (κ3) is 6.20. The molecule has 1 unspecified atom stereocenters. The van der Waals surface area contributed by atoms with E-state index in [1.165, 1.54) is 0 Å². The van der Waals surface area contributed by atoms with Crippen molar-refractivity contribution in [3.8, 4) is 5.75 Å². The summed E-state index contributed by atoms with van der Waals surface area (Å²) >= 11 is 0. The van der Waals surface area contributed by atoms with Gasteiger partial charge in [-0.15, -0.1) is 0 Å². The van der Waals surface area contributed by atoms with E-state index in [1.54, 1.807) is 11.1 Å². The van der Waals surface area contributed by atoms with Crippen molar-refractivity contribution in [2.24, 2.45) is 0 Å². The first kappa shape index (κ1) is 25.8. The Bertz CT molecular complexity index is 1490. The third-order valence-electron chi connectivity index (χ3n) is 6.66. The minimum Gasteiger partial charge on any atom is -0.494 e. The number of nitrogens with two attached hydrogens (primary N) is 1. The highest BCUT2D eigenvalue weighted by atomic mass is 16.5. The molecule has 0 saturated carbocycles. The highest BCUT2D eigenvalue weighted by Crippen LogP contribution is 2.27. The number of fused-ring (bicyclic) bond motifs is 1. The topological polar surface area (TPSA) is 122 Å². The standard InChI is InChI=1S/C30H32N6O3/c1-2-39-25-9-4-7-22(18-25)27(34-24-10-11-26-21(17-24)12-13-32-28(26)31)29(37)33-19-20-6-3-8-23(16-20)35-30(38)36-14-5-15-36/h3-4,6-13,16-18,27,34H,2,5,14-15,19H2,1H3,(H2,31,32)(H,33,37)(H,35,38). The lowest BCUT2D eigenvalue weighted by Crippen LogP contribution is -2.44. The minimum absolute atomic E-state index is 0.103. The number of carbonyl (C=O) groups excluding carboxylic acids is 2. The van der Waals surface area contributed by atoms with Crippen molar-refractivity contribution in [2.45, 2.75) is 25.9 Å². The molecule has 1 fully saturated rings. The molecule has 9 heteroatoms. The molecule has 0 bridgehead atoms. The fraction of sp³-hybridized carbons (Fsp3) is 0.233. The van der Waals surface area contributed by atoms with Crippen LogP contribution in [0.1, 0.15) is 30.5 Å². The first-order chi connectivity index (χ1) is 19.0. The van der Waals surface area contributed by atoms with Crippen LogP contribution in [-0.2, 0) is 11.3 Å². The summed E-state index contributed by atoms with van der Waals surface area (Å²) in [4.78, 5) is 31.8. The van der Waals surface area contributed by atoms with Crippen molar-refractivity contribution < 1.29 is 14.3 Å². The summed E-state index contributed by atoms with van der Waals surface area (Å²) in [5, 5.41) is 11.1. The molecule has 0 radical (unpaired) electrons. The van der Waals surface area contributed by atoms with Crippen molar-refractivity contribution >= 4 is 39.9 Å². The van der Waals surface area contributed by atoms with Gasteiger partial charge in [0.05, 0.1) is 6.61 Å². The number of anilines is 3. The van der Waals surface area contributed by atoms with Crippen molar-refractivity contribution in [1.82, 2.24) is 15.2 Å². The molecule has 1 aliphatic rings. The lowest BCUT2D eigenvalue weighted by Gasteiger charge is -2.30. The van der Waals surface area contributed by atoms with E-state index in [2.05, 4.69) is 20.9 Å². The lowest BCUT2D eigenvalue weighted by molar-refractivity contribution is -0.122. The molecule has 2 heterocycles. The zero-order valence-electron chi connectivity index (χ0n) is 21.8. The van der Waals surface area contributed by atoms with Crippen molar-refractivity contribution in [2.75, 3.05) is 36.1 Å². The average Bonchev–Trinajstić information content (AvgIpc) is 2.90. The maximum Gasteiger partial charge on any atom is 0.321 e. The number of pyridine rings is 1. The number of rotatable bonds is 9. The predicted molar refractivity (Wildman–Crippen MR) is 154 cm³/mol. The monoisotopic (exact) mass is 524 g/mol. The Labute approximate surface area is 227 Å². The Kier molecular flexibility index (Phi) is 7.77. The van der Waals surface area contributed by atoms with E-state index in [0.717, 1.165) is 47.1 Å². The van der Waals surface area contributed by atoms with Gasteiger partial charge in [-0.1, -0.05) is 24.3 Å². The number of amides is 3. The molecule has 200 valence electrons. The van der Waals surface area contributed by atoms with Gasteiger partial charge in [0, 0.05) is 42.6 Å². The molecule has 0 spiro atoms. The number of ether oxygens (including phenoxy) is 1. The zero-order chi connectivity index (χ0) is 27.2. The Morgan fingerprint density at radius 1 is 1.03 bits per heavy atom. The van der Waals surface area contributed by atoms with Crippen LogP contribution in [-0.4, -0.2) is 41.5 Å². The van der Waals surface area contributed by atoms with Gasteiger partial charge in [0.15, 0.2) is 0 Å². The Morgan fingerprint density at radius 3 is 2.67 bits per heavy atom. The Morgan fingerprint density at radius 2 is 1.87 bits per heavy atom. The number of nitrogen functional groups attached to an aromatic ring is 1. The summed E-state index contributed by atoms with van der Waals surface area (Å²) in [6.07, 6.45) is 2.70. The number of nitrogens with one attached hydrogen (secondary N) is 3. The predicted octanol–water partition coefficient (Wildman–Crippen LogP) is 4.92. The number of nitrogens with zero attached hydrogens (tertiary/aromatic N) is 2. The van der Waals surface area contributed by atoms with Crippen LogP contribution in [0.25, 0.3) is 10.8 Å². The van der Waals surface area contributed by atoms with Gasteiger partial charge in [0.1, 0.15) is 17.6 Å². The van der Waals surface area contributed by atoms with Gasteiger partial charge in [-0.05, 0) is 78.4 Å². The molecule has 9 nitrogen and oxygen atoms in total. The van der Waals surface area contributed by atoms with Gasteiger partial charge in [-0.2, -0.15) is 0 Å². The third-order valence-corrected chi connectivity index (χ3v) is 6.66. The largest absolute Gasteiger partial charge is 0.494 e. The maximum absolute atomic E-state index is 13.6. The fourth-order valence-electron chi connectivity index (χ4n) is 4.48. The second kappa shape index (κ2) is 11.7. The number of benzene rings is 3. The number of aromatic nitrogens is 1. The number of hydrogen-bond acceptors (Lipinski definition) is 6. The van der Waals surface area contributed by atoms with E-state index >= 15 is 0 Å². The summed E-state index contributed by atoms with van der Waals surface area (Å²) < 4.78 is 5.68. The van der Waals surface area contributed by atoms with Crippen LogP contribution in [0.4, 0.5) is 22.0 Å². The highest BCUT2D eigenvalue weighted by molar-refractivity contribution is 5.94. The van der Waals surface area contributed by atoms with E-state index < -0.39 is 6.04 Å². The number of likely N-dealkylation sites (tertiary alicyclic amines) is 1. The SMILES string of the molecule is CCOc1cccc(C(Nc2ccc3c(N)nccc3c2)C(=O)NCc2cccc(NC(=O)N3CCC3)c2)c1. The van der Waals surface area contributed by atoms with Gasteiger partial charge in [-0.3, -0.25) is 4.79 Å². The maximum atomic E-state index is 13.6. The first-order valence-electron chi connectivity index (χ1n) is 13.1. The zero-order valence-corrected chi connectivity index (χ0v) is 21.8. The number of urea groups is 1. The lowest BCUT2D eigenvalue weighted by atomic mass is 10.0. The van der Waals surface area contributed by atoms with Gasteiger partial charge < -0.3 is 31.3 Å². The van der Waals surface area contributed by atoms with Crippen molar-refractivity contribution in [1.29, 1.82) is 0 Å². The summed E-state index contributed by atoms with van der Waals surface area (Å²) in [6, 6.07) is 21.8. The second-order valence-corrected chi connectivity index (χ2v) is 9.40. The molecule has 1 atom stereocenters. The molecule has 5 rings (SSSR count). The average molecular weight is 525 g/mol. The van der Waals surface area contributed by atoms with E-state index in [1.807, 2.05) is 79.7 Å². The number of carbonyl (C=O) groups is 2. The van der Waals surface area contributed by atoms with Crippen LogP contribution in [0.5, 0.6) is 5.75 Å². The molecule has 39 heavy (non-hydrogen) atoms. The molecule has 4 aromatic rings. The van der Waals surface area contributed by atoms with Crippen molar-refractivity contribution in [3.05, 3.63) is 90.1 Å². The minimum atomic E-state index is -0.684. The smallest absolute Gasteiger partial charge is 0.321 e. The van der Waals surface area contributed by atoms with E-state index in [9.17, 15) is 9.59 Å². The molecule has 3 aromatic carbocycles. The van der Waals surface area contributed by atoms with E-state index in [0.29, 0.717) is 30.4 Å². The Hall–Kier alpha value is -4.79. The van der Waals surface area contributed by atoms with Crippen LogP contribution < -0.4 is 26.4 Å². The van der Waals surface area contributed by atoms with Crippen LogP contribution in [0.3, 0.4) is 0 Å². The van der Waals surface area contributed by atoms with Gasteiger partial charge in [0.25, 0.3) is 0 Å². The van der Waals surface area contributed by atoms with Gasteiger partial charge in [0.2, 0.25) is 5.91 Å². The highest BCUT2D eigenvalue weighted by Gasteiger charge is 2.22. The quantitative estimate of drug-likeness (QED) is 0.247. The molecule has 5 N–H and O–H groups in total.